The van der Waals surface area contributed by atoms with Crippen molar-refractivity contribution in [3.63, 3.8) is 0 Å². The lowest BCUT2D eigenvalue weighted by atomic mass is 9.44. The molecule has 4 aliphatic rings. The van der Waals surface area contributed by atoms with Crippen LogP contribution in [0.25, 0.3) is 0 Å². The van der Waals surface area contributed by atoms with E-state index < -0.39 is 5.60 Å². The summed E-state index contributed by atoms with van der Waals surface area (Å²) in [6.07, 6.45) is 9.94. The molecule has 0 heterocycles. The highest BCUT2D eigenvalue weighted by Gasteiger charge is 2.61. The zero-order valence-corrected chi connectivity index (χ0v) is 17.4. The summed E-state index contributed by atoms with van der Waals surface area (Å²) in [4.78, 5) is 11.9. The maximum atomic E-state index is 11.9. The van der Waals surface area contributed by atoms with E-state index in [1.54, 1.807) is 0 Å². The Hall–Kier alpha value is -0.120. The Kier molecular flexibility index (Phi) is 4.53. The molecule has 0 spiro atoms. The van der Waals surface area contributed by atoms with Gasteiger partial charge in [0, 0.05) is 22.2 Å². The number of hydrogen-bond acceptors (Lipinski definition) is 2. The van der Waals surface area contributed by atoms with Crippen molar-refractivity contribution in [2.45, 2.75) is 58.0 Å². The van der Waals surface area contributed by atoms with Crippen molar-refractivity contribution in [3.05, 3.63) is 22.8 Å². The van der Waals surface area contributed by atoms with E-state index in [4.69, 9.17) is 11.6 Å². The van der Waals surface area contributed by atoms with Crippen LogP contribution in [-0.2, 0) is 4.79 Å². The standard InChI is InChI=1S/C21H28BrClO2/c1-12-9-13-10-14(24)3-4-15(13)16-7-8-20(2)17(19(12)16)5-6-18(23)21(20,25)11-22/h6,10,12,15-17,19,25H,3-5,7-9,11H2,1-2H3/t12-,15+,16-,17+,19-,20+,21?/m1/s1. The predicted octanol–water partition coefficient (Wildman–Crippen LogP) is 5.23. The predicted molar refractivity (Wildman–Crippen MR) is 105 cm³/mol. The summed E-state index contributed by atoms with van der Waals surface area (Å²) in [6.45, 7) is 4.61. The lowest BCUT2D eigenvalue weighted by Gasteiger charge is -2.62. The van der Waals surface area contributed by atoms with E-state index in [-0.39, 0.29) is 5.41 Å². The summed E-state index contributed by atoms with van der Waals surface area (Å²) >= 11 is 10.1. The van der Waals surface area contributed by atoms with Gasteiger partial charge in [-0.05, 0) is 67.8 Å². The van der Waals surface area contributed by atoms with Crippen molar-refractivity contribution in [1.82, 2.24) is 0 Å². The van der Waals surface area contributed by atoms with Gasteiger partial charge in [-0.25, -0.2) is 0 Å². The molecule has 4 aliphatic carbocycles. The minimum atomic E-state index is -0.958. The number of rotatable bonds is 1. The van der Waals surface area contributed by atoms with Gasteiger partial charge in [-0.2, -0.15) is 0 Å². The Morgan fingerprint density at radius 1 is 1.40 bits per heavy atom. The van der Waals surface area contributed by atoms with Crippen molar-refractivity contribution >= 4 is 33.3 Å². The Morgan fingerprint density at radius 2 is 2.16 bits per heavy atom. The first-order valence-corrected chi connectivity index (χ1v) is 11.2. The topological polar surface area (TPSA) is 37.3 Å². The monoisotopic (exact) mass is 426 g/mol. The quantitative estimate of drug-likeness (QED) is 0.582. The van der Waals surface area contributed by atoms with Crippen LogP contribution in [0, 0.1) is 35.0 Å². The molecule has 0 saturated heterocycles. The van der Waals surface area contributed by atoms with E-state index in [0.717, 1.165) is 32.1 Å². The first-order valence-electron chi connectivity index (χ1n) is 9.69. The third kappa shape index (κ3) is 2.48. The molecule has 0 aromatic rings. The Bertz CT molecular complexity index is 656. The fourth-order valence-corrected chi connectivity index (χ4v) is 8.23. The maximum Gasteiger partial charge on any atom is 0.155 e. The van der Waals surface area contributed by atoms with E-state index in [9.17, 15) is 9.90 Å². The van der Waals surface area contributed by atoms with Gasteiger partial charge < -0.3 is 5.11 Å². The van der Waals surface area contributed by atoms with Crippen LogP contribution in [0.5, 0.6) is 0 Å². The molecular weight excluding hydrogens is 400 g/mol. The molecule has 138 valence electrons. The number of hydrogen-bond donors (Lipinski definition) is 1. The summed E-state index contributed by atoms with van der Waals surface area (Å²) in [5.41, 5.74) is 0.276. The molecule has 1 unspecified atom stereocenters. The molecule has 25 heavy (non-hydrogen) atoms. The largest absolute Gasteiger partial charge is 0.383 e. The highest BCUT2D eigenvalue weighted by molar-refractivity contribution is 9.09. The maximum absolute atomic E-state index is 11.9. The van der Waals surface area contributed by atoms with Crippen LogP contribution in [0.2, 0.25) is 0 Å². The van der Waals surface area contributed by atoms with Gasteiger partial charge in [-0.1, -0.05) is 53.0 Å². The van der Waals surface area contributed by atoms with E-state index in [0.29, 0.717) is 52.2 Å². The lowest BCUT2D eigenvalue weighted by Crippen LogP contribution is -2.61. The van der Waals surface area contributed by atoms with Crippen molar-refractivity contribution < 1.29 is 9.90 Å². The van der Waals surface area contributed by atoms with E-state index in [1.807, 2.05) is 6.08 Å². The molecule has 2 saturated carbocycles. The smallest absolute Gasteiger partial charge is 0.155 e. The van der Waals surface area contributed by atoms with Crippen LogP contribution >= 0.6 is 27.5 Å². The van der Waals surface area contributed by atoms with Gasteiger partial charge >= 0.3 is 0 Å². The van der Waals surface area contributed by atoms with E-state index in [2.05, 4.69) is 35.9 Å². The lowest BCUT2D eigenvalue weighted by molar-refractivity contribution is -0.140. The summed E-state index contributed by atoms with van der Waals surface area (Å²) in [7, 11) is 0. The highest BCUT2D eigenvalue weighted by atomic mass is 79.9. The Labute approximate surface area is 164 Å². The van der Waals surface area contributed by atoms with Gasteiger partial charge in [0.25, 0.3) is 0 Å². The van der Waals surface area contributed by atoms with E-state index in [1.165, 1.54) is 5.57 Å². The normalized spacial score (nSPS) is 49.5. The first kappa shape index (κ1) is 18.3. The highest BCUT2D eigenvalue weighted by Crippen LogP contribution is 2.64. The first-order chi connectivity index (χ1) is 11.8. The fourth-order valence-electron chi connectivity index (χ4n) is 6.75. The third-order valence-corrected chi connectivity index (χ3v) is 9.39. The number of ketones is 1. The summed E-state index contributed by atoms with van der Waals surface area (Å²) < 4.78 is 0. The molecule has 0 amide bonds. The van der Waals surface area contributed by atoms with E-state index >= 15 is 0 Å². The fraction of sp³-hybridized carbons (Fsp3) is 0.762. The number of alkyl halides is 1. The van der Waals surface area contributed by atoms with Gasteiger partial charge in [-0.3, -0.25) is 4.79 Å². The van der Waals surface area contributed by atoms with Crippen LogP contribution < -0.4 is 0 Å². The minimum absolute atomic E-state index is 0.177. The molecule has 0 aromatic heterocycles. The number of carbonyl (C=O) groups excluding carboxylic acids is 1. The minimum Gasteiger partial charge on any atom is -0.383 e. The van der Waals surface area contributed by atoms with Gasteiger partial charge in [-0.15, -0.1) is 0 Å². The number of allylic oxidation sites excluding steroid dienone is 3. The molecule has 4 rings (SSSR count). The molecule has 0 aliphatic heterocycles. The second-order valence-corrected chi connectivity index (χ2v) is 10.1. The molecule has 0 aromatic carbocycles. The SMILES string of the molecule is C[C@@H]1CC2=CC(=O)CC[C@@H]2[C@H]2CC[C@@]3(C)[C@@H](CC=C(Cl)C3(O)CBr)[C@@H]21. The third-order valence-electron chi connectivity index (χ3n) is 8.11. The number of aliphatic hydroxyl groups is 1. The van der Waals surface area contributed by atoms with Crippen molar-refractivity contribution in [2.75, 3.05) is 5.33 Å². The van der Waals surface area contributed by atoms with Gasteiger partial charge in [0.15, 0.2) is 5.78 Å². The second kappa shape index (κ2) is 6.21. The Balaban J connectivity index is 1.73. The summed E-state index contributed by atoms with van der Waals surface area (Å²) in [6, 6.07) is 0. The molecular formula is C21H28BrClO2. The molecule has 4 heteroatoms. The van der Waals surface area contributed by atoms with Crippen LogP contribution in [-0.4, -0.2) is 21.8 Å². The van der Waals surface area contributed by atoms with Crippen LogP contribution in [0.3, 0.4) is 0 Å². The molecule has 7 atom stereocenters. The number of carbonyl (C=O) groups is 1. The van der Waals surface area contributed by atoms with Crippen LogP contribution in [0.15, 0.2) is 22.8 Å². The van der Waals surface area contributed by atoms with Crippen LogP contribution in [0.1, 0.15) is 52.4 Å². The van der Waals surface area contributed by atoms with Gasteiger partial charge in [0.1, 0.15) is 5.60 Å². The average molecular weight is 428 g/mol. The van der Waals surface area contributed by atoms with Crippen molar-refractivity contribution in [2.24, 2.45) is 35.0 Å². The van der Waals surface area contributed by atoms with Gasteiger partial charge in [0.2, 0.25) is 0 Å². The number of fused-ring (bicyclic) bond motifs is 5. The summed E-state index contributed by atoms with van der Waals surface area (Å²) in [5.74, 6) is 3.20. The Morgan fingerprint density at radius 3 is 2.88 bits per heavy atom. The van der Waals surface area contributed by atoms with Crippen molar-refractivity contribution in [1.29, 1.82) is 0 Å². The zero-order valence-electron chi connectivity index (χ0n) is 15.1. The molecule has 0 radical (unpaired) electrons. The molecule has 2 nitrogen and oxygen atoms in total. The second-order valence-electron chi connectivity index (χ2n) is 9.10. The van der Waals surface area contributed by atoms with Crippen molar-refractivity contribution in [3.8, 4) is 0 Å². The molecule has 2 fully saturated rings. The average Bonchev–Trinajstić information content (AvgIpc) is 2.58. The molecule has 1 N–H and O–H groups in total. The number of halogens is 2. The summed E-state index contributed by atoms with van der Waals surface area (Å²) in [5, 5.41) is 12.6. The van der Waals surface area contributed by atoms with Crippen LogP contribution in [0.4, 0.5) is 0 Å². The molecule has 0 bridgehead atoms. The van der Waals surface area contributed by atoms with Gasteiger partial charge in [0.05, 0.1) is 0 Å². The zero-order chi connectivity index (χ0) is 18.0.